The van der Waals surface area contributed by atoms with Gasteiger partial charge in [0, 0.05) is 17.0 Å². The van der Waals surface area contributed by atoms with Gasteiger partial charge in [0.1, 0.15) is 23.4 Å². The van der Waals surface area contributed by atoms with Crippen LogP contribution in [0.2, 0.25) is 0 Å². The summed E-state index contributed by atoms with van der Waals surface area (Å²) in [7, 11) is 0. The van der Waals surface area contributed by atoms with Crippen LogP contribution in [0.25, 0.3) is 0 Å². The Kier molecular flexibility index (Phi) is 3.76. The smallest absolute Gasteiger partial charge is 0.348 e. The standard InChI is InChI=1S/C17H13BrN4O3/c1-9-6-14(23)15(16(24)25-9)12-7-13(10-2-4-11(18)5-3-10)22-17(21-12)19-8-20-22/h2-6,8,13,23H,7H2,1H3/t13-/m0/s1. The molecule has 0 aliphatic carbocycles. The first-order valence-electron chi connectivity index (χ1n) is 7.59. The van der Waals surface area contributed by atoms with Crippen molar-refractivity contribution in [2.45, 2.75) is 19.4 Å². The molecule has 0 spiro atoms. The first-order chi connectivity index (χ1) is 12.0. The van der Waals surface area contributed by atoms with E-state index in [1.165, 1.54) is 12.4 Å². The molecule has 1 aliphatic rings. The van der Waals surface area contributed by atoms with Gasteiger partial charge in [-0.25, -0.2) is 14.5 Å². The average molecular weight is 401 g/mol. The minimum Gasteiger partial charge on any atom is -0.507 e. The normalized spacial score (nSPS) is 16.4. The summed E-state index contributed by atoms with van der Waals surface area (Å²) in [6.45, 7) is 1.61. The number of aliphatic imine (C=N–C) groups is 1. The number of aromatic nitrogens is 3. The van der Waals surface area contributed by atoms with Gasteiger partial charge < -0.3 is 9.52 Å². The molecular formula is C17H13BrN4O3. The molecule has 7 nitrogen and oxygen atoms in total. The van der Waals surface area contributed by atoms with Crippen LogP contribution in [0.3, 0.4) is 0 Å². The number of aromatic hydroxyl groups is 1. The third-order valence-electron chi connectivity index (χ3n) is 4.07. The van der Waals surface area contributed by atoms with Crippen LogP contribution in [0.1, 0.15) is 29.3 Å². The van der Waals surface area contributed by atoms with Crippen molar-refractivity contribution in [3.05, 3.63) is 68.4 Å². The van der Waals surface area contributed by atoms with Crippen molar-refractivity contribution >= 4 is 27.6 Å². The van der Waals surface area contributed by atoms with Gasteiger partial charge in [0.05, 0.1) is 11.8 Å². The summed E-state index contributed by atoms with van der Waals surface area (Å²) in [5.41, 5.74) is 0.888. The van der Waals surface area contributed by atoms with E-state index in [1.807, 2.05) is 24.3 Å². The molecule has 1 aromatic carbocycles. The Morgan fingerprint density at radius 2 is 2.08 bits per heavy atom. The van der Waals surface area contributed by atoms with E-state index in [-0.39, 0.29) is 17.4 Å². The molecular weight excluding hydrogens is 388 g/mol. The highest BCUT2D eigenvalue weighted by Crippen LogP contribution is 2.33. The Balaban J connectivity index is 1.85. The van der Waals surface area contributed by atoms with Gasteiger partial charge in [0.25, 0.3) is 0 Å². The summed E-state index contributed by atoms with van der Waals surface area (Å²) >= 11 is 3.42. The summed E-state index contributed by atoms with van der Waals surface area (Å²) in [5, 5.41) is 14.5. The van der Waals surface area contributed by atoms with Gasteiger partial charge in [-0.15, -0.1) is 0 Å². The van der Waals surface area contributed by atoms with E-state index in [0.29, 0.717) is 23.8 Å². The van der Waals surface area contributed by atoms with Gasteiger partial charge in [-0.2, -0.15) is 10.1 Å². The molecule has 3 heterocycles. The zero-order valence-electron chi connectivity index (χ0n) is 13.2. The largest absolute Gasteiger partial charge is 0.507 e. The van der Waals surface area contributed by atoms with Crippen molar-refractivity contribution in [1.82, 2.24) is 14.8 Å². The lowest BCUT2D eigenvalue weighted by Crippen LogP contribution is -2.25. The Bertz CT molecular complexity index is 1040. The van der Waals surface area contributed by atoms with Crippen LogP contribution in [-0.4, -0.2) is 25.6 Å². The molecule has 0 fully saturated rings. The van der Waals surface area contributed by atoms with Gasteiger partial charge in [-0.3, -0.25) is 0 Å². The SMILES string of the molecule is Cc1cc(O)c(C2=Nc3ncnn3[C@H](c3ccc(Br)cc3)C2)c(=O)o1. The van der Waals surface area contributed by atoms with Gasteiger partial charge >= 0.3 is 5.63 Å². The zero-order chi connectivity index (χ0) is 17.6. The molecule has 1 atom stereocenters. The zero-order valence-corrected chi connectivity index (χ0v) is 14.8. The first kappa shape index (κ1) is 15.8. The Labute approximate surface area is 150 Å². The predicted octanol–water partition coefficient (Wildman–Crippen LogP) is 3.12. The molecule has 3 aromatic rings. The van der Waals surface area contributed by atoms with Crippen LogP contribution < -0.4 is 5.63 Å². The lowest BCUT2D eigenvalue weighted by Gasteiger charge is -2.23. The van der Waals surface area contributed by atoms with Crippen molar-refractivity contribution < 1.29 is 9.52 Å². The Morgan fingerprint density at radius 1 is 1.32 bits per heavy atom. The van der Waals surface area contributed by atoms with Gasteiger partial charge in [-0.1, -0.05) is 28.1 Å². The van der Waals surface area contributed by atoms with Crippen LogP contribution in [-0.2, 0) is 0 Å². The number of fused-ring (bicyclic) bond motifs is 1. The molecule has 25 heavy (non-hydrogen) atoms. The Hall–Kier alpha value is -2.74. The number of hydrogen-bond acceptors (Lipinski definition) is 6. The van der Waals surface area contributed by atoms with Crippen LogP contribution in [0.4, 0.5) is 5.95 Å². The molecule has 1 N–H and O–H groups in total. The van der Waals surface area contributed by atoms with Crippen molar-refractivity contribution in [2.24, 2.45) is 4.99 Å². The van der Waals surface area contributed by atoms with Crippen molar-refractivity contribution in [1.29, 1.82) is 0 Å². The molecule has 0 saturated heterocycles. The second kappa shape index (κ2) is 5.96. The van der Waals surface area contributed by atoms with E-state index in [2.05, 4.69) is 31.0 Å². The third-order valence-corrected chi connectivity index (χ3v) is 4.60. The second-order valence-corrected chi connectivity index (χ2v) is 6.66. The number of hydrogen-bond donors (Lipinski definition) is 1. The topological polar surface area (TPSA) is 93.5 Å². The first-order valence-corrected chi connectivity index (χ1v) is 8.39. The van der Waals surface area contributed by atoms with Gasteiger partial charge in [-0.05, 0) is 24.6 Å². The number of halogens is 1. The van der Waals surface area contributed by atoms with Crippen molar-refractivity contribution in [3.63, 3.8) is 0 Å². The van der Waals surface area contributed by atoms with Crippen molar-refractivity contribution in [3.8, 4) is 5.75 Å². The van der Waals surface area contributed by atoms with Crippen LogP contribution >= 0.6 is 15.9 Å². The van der Waals surface area contributed by atoms with E-state index < -0.39 is 5.63 Å². The van der Waals surface area contributed by atoms with Crippen LogP contribution in [0.5, 0.6) is 5.75 Å². The molecule has 0 radical (unpaired) electrons. The maximum Gasteiger partial charge on any atom is 0.348 e. The van der Waals surface area contributed by atoms with E-state index >= 15 is 0 Å². The fourth-order valence-corrected chi connectivity index (χ4v) is 3.21. The minimum atomic E-state index is -0.612. The fraction of sp³-hybridized carbons (Fsp3) is 0.176. The van der Waals surface area contributed by atoms with E-state index in [0.717, 1.165) is 10.0 Å². The predicted molar refractivity (Wildman–Crippen MR) is 94.5 cm³/mol. The van der Waals surface area contributed by atoms with E-state index in [4.69, 9.17) is 4.42 Å². The molecule has 4 rings (SSSR count). The highest BCUT2D eigenvalue weighted by Gasteiger charge is 2.29. The summed E-state index contributed by atoms with van der Waals surface area (Å²) in [6.07, 6.45) is 1.81. The van der Waals surface area contributed by atoms with Gasteiger partial charge in [0.2, 0.25) is 5.95 Å². The highest BCUT2D eigenvalue weighted by molar-refractivity contribution is 9.10. The molecule has 0 unspecified atom stereocenters. The molecule has 2 aromatic heterocycles. The number of rotatable bonds is 2. The number of aryl methyl sites for hydroxylation is 1. The molecule has 0 amide bonds. The molecule has 1 aliphatic heterocycles. The minimum absolute atomic E-state index is 0.0713. The van der Waals surface area contributed by atoms with Crippen LogP contribution in [0.15, 0.2) is 55.3 Å². The maximum atomic E-state index is 12.2. The lowest BCUT2D eigenvalue weighted by atomic mass is 9.96. The maximum absolute atomic E-state index is 12.2. The van der Waals surface area contributed by atoms with Crippen LogP contribution in [0, 0.1) is 6.92 Å². The third kappa shape index (κ3) is 2.78. The second-order valence-electron chi connectivity index (χ2n) is 5.74. The summed E-state index contributed by atoms with van der Waals surface area (Å²) in [6, 6.07) is 9.05. The van der Waals surface area contributed by atoms with Crippen molar-refractivity contribution in [2.75, 3.05) is 0 Å². The van der Waals surface area contributed by atoms with E-state index in [1.54, 1.807) is 11.6 Å². The summed E-state index contributed by atoms with van der Waals surface area (Å²) in [4.78, 5) is 20.8. The fourth-order valence-electron chi connectivity index (χ4n) is 2.94. The Morgan fingerprint density at radius 3 is 2.80 bits per heavy atom. The molecule has 0 saturated carbocycles. The monoisotopic (exact) mass is 400 g/mol. The molecule has 0 bridgehead atoms. The summed E-state index contributed by atoms with van der Waals surface area (Å²) < 4.78 is 7.80. The lowest BCUT2D eigenvalue weighted by molar-refractivity contribution is 0.431. The molecule has 126 valence electrons. The number of nitrogens with zero attached hydrogens (tertiary/aromatic N) is 4. The molecule has 8 heteroatoms. The summed E-state index contributed by atoms with van der Waals surface area (Å²) in [5.74, 6) is 0.582. The van der Waals surface area contributed by atoms with E-state index in [9.17, 15) is 9.90 Å². The average Bonchev–Trinajstić information content (AvgIpc) is 3.02. The highest BCUT2D eigenvalue weighted by atomic mass is 79.9. The quantitative estimate of drug-likeness (QED) is 0.712. The number of benzene rings is 1. The van der Waals surface area contributed by atoms with Gasteiger partial charge in [0.15, 0.2) is 0 Å².